The number of hydrogen-bond acceptors (Lipinski definition) is 0. The molecule has 1 heteroatoms. The molecule has 1 atom stereocenters. The fraction of sp³-hybridized carbons (Fsp3) is 0.714. The molecule has 0 spiro atoms. The molecule has 0 N–H and O–H groups in total. The van der Waals surface area contributed by atoms with Crippen molar-refractivity contribution in [1.82, 2.24) is 0 Å². The Balaban J connectivity index is 2.14. The van der Waals surface area contributed by atoms with Crippen molar-refractivity contribution in [1.29, 1.82) is 0 Å². The van der Waals surface area contributed by atoms with Crippen molar-refractivity contribution in [3.05, 3.63) is 12.7 Å². The summed E-state index contributed by atoms with van der Waals surface area (Å²) in [5.74, 6) is 0. The summed E-state index contributed by atoms with van der Waals surface area (Å²) in [5.41, 5.74) is 0. The van der Waals surface area contributed by atoms with Crippen molar-refractivity contribution in [2.75, 3.05) is 0 Å². The van der Waals surface area contributed by atoms with E-state index in [1.54, 1.807) is 0 Å². The minimum absolute atomic E-state index is 0.966. The molecule has 1 aliphatic heterocycles. The van der Waals surface area contributed by atoms with E-state index < -0.39 is 0 Å². The van der Waals surface area contributed by atoms with Crippen LogP contribution in [0.4, 0.5) is 0 Å². The van der Waals surface area contributed by atoms with Crippen LogP contribution < -0.4 is 0 Å². The fourth-order valence-electron chi connectivity index (χ4n) is 1.02. The third-order valence-electron chi connectivity index (χ3n) is 1.45. The first-order chi connectivity index (χ1) is 3.93. The molecule has 0 bridgehead atoms. The van der Waals surface area contributed by atoms with Gasteiger partial charge in [0.25, 0.3) is 0 Å². The first-order valence-corrected chi connectivity index (χ1v) is 5.36. The number of rotatable bonds is 2. The minimum atomic E-state index is 0.966. The second-order valence-corrected chi connectivity index (χ2v) is 5.11. The van der Waals surface area contributed by atoms with Gasteiger partial charge in [-0.3, -0.25) is 0 Å². The second-order valence-electron chi connectivity index (χ2n) is 2.16. The predicted molar refractivity (Wildman–Crippen MR) is 38.4 cm³/mol. The normalized spacial score (nSPS) is 28.2. The van der Waals surface area contributed by atoms with Gasteiger partial charge in [0, 0.05) is 0 Å². The number of allylic oxidation sites excluding steroid dienone is 1. The first kappa shape index (κ1) is 6.38. The molecule has 0 aromatic carbocycles. The van der Waals surface area contributed by atoms with E-state index in [0.29, 0.717) is 0 Å². The summed E-state index contributed by atoms with van der Waals surface area (Å²) in [6.07, 6.45) is 6.31. The van der Waals surface area contributed by atoms with Crippen LogP contribution in [0.15, 0.2) is 12.7 Å². The molecule has 0 radical (unpaired) electrons. The average molecular weight is 175 g/mol. The zero-order valence-electron chi connectivity index (χ0n) is 5.10. The van der Waals surface area contributed by atoms with E-state index in [1.165, 1.54) is 24.6 Å². The van der Waals surface area contributed by atoms with E-state index in [4.69, 9.17) is 0 Å². The standard InChI is InChI=1S/C7H12Se/c1-2-4-7-5-3-6-8-7/h2,7H,1,3-6H2. The molecule has 0 aliphatic carbocycles. The van der Waals surface area contributed by atoms with Gasteiger partial charge in [-0.1, -0.05) is 0 Å². The van der Waals surface area contributed by atoms with E-state index in [0.717, 1.165) is 19.8 Å². The van der Waals surface area contributed by atoms with Crippen molar-refractivity contribution in [3.63, 3.8) is 0 Å². The average Bonchev–Trinajstić information content (AvgIpc) is 2.19. The Morgan fingerprint density at radius 2 is 2.62 bits per heavy atom. The summed E-state index contributed by atoms with van der Waals surface area (Å²) in [7, 11) is 0. The molecular formula is C7H12Se. The molecule has 0 aromatic heterocycles. The Hall–Kier alpha value is 0.259. The Morgan fingerprint density at radius 3 is 3.12 bits per heavy atom. The second kappa shape index (κ2) is 3.32. The molecule has 1 rings (SSSR count). The van der Waals surface area contributed by atoms with Gasteiger partial charge in [0.05, 0.1) is 0 Å². The molecule has 1 aliphatic rings. The van der Waals surface area contributed by atoms with E-state index in [9.17, 15) is 0 Å². The van der Waals surface area contributed by atoms with Gasteiger partial charge in [-0.2, -0.15) is 0 Å². The molecule has 0 saturated carbocycles. The fourth-order valence-corrected chi connectivity index (χ4v) is 3.69. The Kier molecular flexibility index (Phi) is 2.65. The zero-order chi connectivity index (χ0) is 5.82. The van der Waals surface area contributed by atoms with Crippen LogP contribution >= 0.6 is 0 Å². The SMILES string of the molecule is C=CCC1CCC[Se]1. The summed E-state index contributed by atoms with van der Waals surface area (Å²) in [6, 6.07) is 0. The van der Waals surface area contributed by atoms with Crippen LogP contribution in [0.25, 0.3) is 0 Å². The van der Waals surface area contributed by atoms with Crippen LogP contribution in [-0.4, -0.2) is 15.0 Å². The van der Waals surface area contributed by atoms with Crippen molar-refractivity contribution in [3.8, 4) is 0 Å². The quantitative estimate of drug-likeness (QED) is 0.446. The van der Waals surface area contributed by atoms with E-state index in [2.05, 4.69) is 12.7 Å². The topological polar surface area (TPSA) is 0 Å². The van der Waals surface area contributed by atoms with Gasteiger partial charge < -0.3 is 0 Å². The Bertz CT molecular complexity index is 72.5. The summed E-state index contributed by atoms with van der Waals surface area (Å²) in [6.45, 7) is 3.73. The van der Waals surface area contributed by atoms with Gasteiger partial charge in [-0.15, -0.1) is 0 Å². The molecule has 1 saturated heterocycles. The number of hydrogen-bond donors (Lipinski definition) is 0. The van der Waals surface area contributed by atoms with E-state index >= 15 is 0 Å². The Labute approximate surface area is 57.5 Å². The van der Waals surface area contributed by atoms with Gasteiger partial charge in [0.1, 0.15) is 0 Å². The maximum atomic E-state index is 3.73. The third kappa shape index (κ3) is 1.65. The van der Waals surface area contributed by atoms with Gasteiger partial charge in [-0.05, 0) is 0 Å². The monoisotopic (exact) mass is 176 g/mol. The molecule has 8 heavy (non-hydrogen) atoms. The molecule has 0 aromatic rings. The van der Waals surface area contributed by atoms with Crippen molar-refractivity contribution in [2.45, 2.75) is 29.4 Å². The molecule has 0 amide bonds. The van der Waals surface area contributed by atoms with E-state index in [1.807, 2.05) is 0 Å². The van der Waals surface area contributed by atoms with Gasteiger partial charge >= 0.3 is 57.0 Å². The van der Waals surface area contributed by atoms with E-state index in [-0.39, 0.29) is 0 Å². The molecule has 1 heterocycles. The summed E-state index contributed by atoms with van der Waals surface area (Å²) >= 11 is 0.966. The van der Waals surface area contributed by atoms with Gasteiger partial charge in [0.15, 0.2) is 0 Å². The third-order valence-corrected chi connectivity index (χ3v) is 4.44. The maximum absolute atomic E-state index is 3.73. The van der Waals surface area contributed by atoms with Crippen LogP contribution in [0.5, 0.6) is 0 Å². The molecule has 0 nitrogen and oxygen atoms in total. The van der Waals surface area contributed by atoms with Crippen molar-refractivity contribution < 1.29 is 0 Å². The van der Waals surface area contributed by atoms with Crippen LogP contribution in [0.3, 0.4) is 0 Å². The molecular weight excluding hydrogens is 163 g/mol. The van der Waals surface area contributed by atoms with Gasteiger partial charge in [0.2, 0.25) is 0 Å². The van der Waals surface area contributed by atoms with Crippen LogP contribution in [0, 0.1) is 0 Å². The van der Waals surface area contributed by atoms with Crippen molar-refractivity contribution >= 4 is 15.0 Å². The van der Waals surface area contributed by atoms with Crippen LogP contribution in [-0.2, 0) is 0 Å². The molecule has 1 unspecified atom stereocenters. The van der Waals surface area contributed by atoms with Crippen LogP contribution in [0.2, 0.25) is 10.1 Å². The van der Waals surface area contributed by atoms with Crippen molar-refractivity contribution in [2.24, 2.45) is 0 Å². The summed E-state index contributed by atoms with van der Waals surface area (Å²) in [5, 5.41) is 1.52. The Morgan fingerprint density at radius 1 is 1.75 bits per heavy atom. The summed E-state index contributed by atoms with van der Waals surface area (Å²) < 4.78 is 0. The van der Waals surface area contributed by atoms with Crippen LogP contribution in [0.1, 0.15) is 19.3 Å². The predicted octanol–water partition coefficient (Wildman–Crippen LogP) is 2.27. The first-order valence-electron chi connectivity index (χ1n) is 3.16. The molecule has 46 valence electrons. The zero-order valence-corrected chi connectivity index (χ0v) is 6.81. The van der Waals surface area contributed by atoms with Gasteiger partial charge in [-0.25, -0.2) is 0 Å². The summed E-state index contributed by atoms with van der Waals surface area (Å²) in [4.78, 5) is 1.06. The molecule has 1 fully saturated rings.